The van der Waals surface area contributed by atoms with Gasteiger partial charge in [-0.2, -0.15) is 4.57 Å². The number of fused-ring (bicyclic) bond motifs is 1. The van der Waals surface area contributed by atoms with Gasteiger partial charge in [0.15, 0.2) is 0 Å². The summed E-state index contributed by atoms with van der Waals surface area (Å²) in [7, 11) is 0. The normalized spacial score (nSPS) is 15.0. The van der Waals surface area contributed by atoms with Crippen molar-refractivity contribution >= 4 is 11.7 Å². The van der Waals surface area contributed by atoms with Crippen molar-refractivity contribution in [2.75, 3.05) is 5.32 Å². The SMILES string of the molecule is O=C1C(Cc2ccco2)Nc2c(Oc3ccccc3)nc(-c3ccccc3)c[n+]21. The maximum absolute atomic E-state index is 13.1. The highest BCUT2D eigenvalue weighted by molar-refractivity contribution is 5.83. The van der Waals surface area contributed by atoms with E-state index in [4.69, 9.17) is 14.1 Å². The third-order valence-corrected chi connectivity index (χ3v) is 4.78. The van der Waals surface area contributed by atoms with Gasteiger partial charge in [0.05, 0.1) is 12.7 Å². The topological polar surface area (TPSA) is 68.2 Å². The first-order valence-corrected chi connectivity index (χ1v) is 9.36. The fourth-order valence-corrected chi connectivity index (χ4v) is 3.37. The van der Waals surface area contributed by atoms with E-state index in [-0.39, 0.29) is 5.91 Å². The van der Waals surface area contributed by atoms with E-state index in [0.29, 0.717) is 29.6 Å². The van der Waals surface area contributed by atoms with E-state index >= 15 is 0 Å². The van der Waals surface area contributed by atoms with Crippen molar-refractivity contribution in [3.63, 3.8) is 0 Å². The molecule has 0 aliphatic carbocycles. The van der Waals surface area contributed by atoms with Crippen LogP contribution in [0.2, 0.25) is 0 Å². The Morgan fingerprint density at radius 3 is 2.48 bits per heavy atom. The van der Waals surface area contributed by atoms with E-state index in [1.807, 2.05) is 72.8 Å². The molecule has 4 aromatic rings. The first kappa shape index (κ1) is 17.2. The summed E-state index contributed by atoms with van der Waals surface area (Å²) in [5.41, 5.74) is 1.57. The fourth-order valence-electron chi connectivity index (χ4n) is 3.37. The number of aromatic nitrogens is 2. The molecule has 1 unspecified atom stereocenters. The number of hydrogen-bond donors (Lipinski definition) is 1. The molecule has 1 aliphatic rings. The van der Waals surface area contributed by atoms with Crippen LogP contribution in [0.15, 0.2) is 89.7 Å². The van der Waals surface area contributed by atoms with Crippen molar-refractivity contribution in [2.24, 2.45) is 0 Å². The molecule has 0 saturated carbocycles. The van der Waals surface area contributed by atoms with E-state index in [1.165, 1.54) is 0 Å². The second kappa shape index (κ2) is 7.24. The molecule has 3 heterocycles. The molecule has 5 rings (SSSR count). The number of hydrogen-bond acceptors (Lipinski definition) is 5. The van der Waals surface area contributed by atoms with Crippen molar-refractivity contribution in [2.45, 2.75) is 12.5 Å². The summed E-state index contributed by atoms with van der Waals surface area (Å²) in [5, 5.41) is 3.26. The molecule has 0 radical (unpaired) electrons. The molecule has 2 aromatic heterocycles. The van der Waals surface area contributed by atoms with Crippen molar-refractivity contribution in [3.05, 3.63) is 91.0 Å². The van der Waals surface area contributed by atoms with Gasteiger partial charge in [0.25, 0.3) is 0 Å². The first-order valence-electron chi connectivity index (χ1n) is 9.36. The Balaban J connectivity index is 1.56. The van der Waals surface area contributed by atoms with Gasteiger partial charge >= 0.3 is 17.6 Å². The van der Waals surface area contributed by atoms with Crippen LogP contribution in [-0.2, 0) is 6.42 Å². The number of para-hydroxylation sites is 1. The summed E-state index contributed by atoms with van der Waals surface area (Å²) in [5.74, 6) is 2.21. The summed E-state index contributed by atoms with van der Waals surface area (Å²) in [6, 6.07) is 22.3. The average molecular weight is 384 g/mol. The smallest absolute Gasteiger partial charge is 0.359 e. The Kier molecular flexibility index (Phi) is 4.29. The van der Waals surface area contributed by atoms with Crippen molar-refractivity contribution in [3.8, 4) is 22.9 Å². The number of nitrogens with zero attached hydrogens (tertiary/aromatic N) is 2. The lowest BCUT2D eigenvalue weighted by atomic mass is 10.1. The van der Waals surface area contributed by atoms with Gasteiger partial charge in [0.1, 0.15) is 23.4 Å². The molecule has 0 spiro atoms. The van der Waals surface area contributed by atoms with Gasteiger partial charge in [-0.25, -0.2) is 9.78 Å². The molecule has 29 heavy (non-hydrogen) atoms. The molecule has 0 saturated heterocycles. The van der Waals surface area contributed by atoms with Gasteiger partial charge in [-0.3, -0.25) is 5.32 Å². The monoisotopic (exact) mass is 384 g/mol. The zero-order valence-corrected chi connectivity index (χ0v) is 15.5. The molecule has 6 heteroatoms. The Hall–Kier alpha value is -3.93. The predicted molar refractivity (Wildman–Crippen MR) is 107 cm³/mol. The lowest BCUT2D eigenvalue weighted by Crippen LogP contribution is -2.43. The second-order valence-electron chi connectivity index (χ2n) is 6.75. The maximum Gasteiger partial charge on any atom is 0.359 e. The van der Waals surface area contributed by atoms with Crippen LogP contribution in [0.3, 0.4) is 0 Å². The fraction of sp³-hybridized carbons (Fsp3) is 0.0870. The van der Waals surface area contributed by atoms with Gasteiger partial charge < -0.3 is 9.15 Å². The molecule has 142 valence electrons. The maximum atomic E-state index is 13.1. The van der Waals surface area contributed by atoms with Crippen LogP contribution in [0.5, 0.6) is 11.6 Å². The van der Waals surface area contributed by atoms with Gasteiger partial charge in [0, 0.05) is 5.56 Å². The Morgan fingerprint density at radius 1 is 1.00 bits per heavy atom. The minimum absolute atomic E-state index is 0.0751. The first-order chi connectivity index (χ1) is 14.3. The summed E-state index contributed by atoms with van der Waals surface area (Å²) in [4.78, 5) is 17.8. The molecule has 1 aliphatic heterocycles. The summed E-state index contributed by atoms with van der Waals surface area (Å²) in [6.45, 7) is 0. The van der Waals surface area contributed by atoms with Crippen molar-refractivity contribution in [1.82, 2.24) is 4.98 Å². The van der Waals surface area contributed by atoms with Crippen LogP contribution in [0, 0.1) is 0 Å². The number of rotatable bonds is 5. The minimum atomic E-state index is -0.452. The number of carbonyl (C=O) groups is 1. The third kappa shape index (κ3) is 3.36. The van der Waals surface area contributed by atoms with Crippen molar-refractivity contribution < 1.29 is 18.5 Å². The van der Waals surface area contributed by atoms with Crippen LogP contribution in [0.4, 0.5) is 5.82 Å². The molecular formula is C23H18N3O3+. The number of furan rings is 1. The Bertz CT molecular complexity index is 1140. The van der Waals surface area contributed by atoms with Gasteiger partial charge in [-0.15, -0.1) is 0 Å². The van der Waals surface area contributed by atoms with Crippen LogP contribution < -0.4 is 14.6 Å². The predicted octanol–water partition coefficient (Wildman–Crippen LogP) is 4.10. The lowest BCUT2D eigenvalue weighted by Gasteiger charge is -2.08. The van der Waals surface area contributed by atoms with Gasteiger partial charge in [0.2, 0.25) is 6.04 Å². The Morgan fingerprint density at radius 2 is 1.76 bits per heavy atom. The molecule has 2 aromatic carbocycles. The number of ether oxygens (including phenoxy) is 1. The van der Waals surface area contributed by atoms with Crippen LogP contribution in [0.1, 0.15) is 10.6 Å². The molecular weight excluding hydrogens is 366 g/mol. The number of benzene rings is 2. The Labute approximate surface area is 167 Å². The highest BCUT2D eigenvalue weighted by Crippen LogP contribution is 2.31. The van der Waals surface area contributed by atoms with E-state index in [1.54, 1.807) is 17.0 Å². The highest BCUT2D eigenvalue weighted by atomic mass is 16.5. The molecule has 1 atom stereocenters. The summed E-state index contributed by atoms with van der Waals surface area (Å²) < 4.78 is 13.0. The molecule has 1 N–H and O–H groups in total. The molecule has 0 fully saturated rings. The van der Waals surface area contributed by atoms with Crippen LogP contribution >= 0.6 is 0 Å². The van der Waals surface area contributed by atoms with E-state index in [2.05, 4.69) is 5.32 Å². The average Bonchev–Trinajstić information content (AvgIpc) is 3.38. The van der Waals surface area contributed by atoms with E-state index in [9.17, 15) is 4.79 Å². The zero-order chi connectivity index (χ0) is 19.6. The zero-order valence-electron chi connectivity index (χ0n) is 15.5. The van der Waals surface area contributed by atoms with E-state index in [0.717, 1.165) is 11.3 Å². The number of anilines is 1. The summed E-state index contributed by atoms with van der Waals surface area (Å²) in [6.07, 6.45) is 3.80. The van der Waals surface area contributed by atoms with Gasteiger partial charge in [-0.05, 0) is 24.3 Å². The highest BCUT2D eigenvalue weighted by Gasteiger charge is 2.42. The number of carbonyl (C=O) groups excluding carboxylic acids is 1. The summed E-state index contributed by atoms with van der Waals surface area (Å²) >= 11 is 0. The second-order valence-corrected chi connectivity index (χ2v) is 6.75. The lowest BCUT2D eigenvalue weighted by molar-refractivity contribution is -0.552. The van der Waals surface area contributed by atoms with Crippen molar-refractivity contribution in [1.29, 1.82) is 0 Å². The number of nitrogens with one attached hydrogen (secondary N) is 1. The van der Waals surface area contributed by atoms with Crippen LogP contribution in [0.25, 0.3) is 11.3 Å². The molecule has 6 nitrogen and oxygen atoms in total. The van der Waals surface area contributed by atoms with Gasteiger partial charge in [-0.1, -0.05) is 48.5 Å². The quantitative estimate of drug-likeness (QED) is 0.525. The van der Waals surface area contributed by atoms with Crippen LogP contribution in [-0.4, -0.2) is 16.9 Å². The molecule has 0 bridgehead atoms. The minimum Gasteiger partial charge on any atom is -0.469 e. The largest absolute Gasteiger partial charge is 0.469 e. The third-order valence-electron chi connectivity index (χ3n) is 4.78. The van der Waals surface area contributed by atoms with E-state index < -0.39 is 6.04 Å². The standard InChI is InChI=1S/C23H17N3O3/c27-23-19(14-18-12-7-13-28-18)24-21-22(29-17-10-5-2-6-11-17)25-20(15-26(21)23)16-8-3-1-4-9-16/h1-13,15,19H,14H2/p+1. The molecule has 0 amide bonds.